The second-order valence-corrected chi connectivity index (χ2v) is 12.9. The van der Waals surface area contributed by atoms with Crippen LogP contribution in [0.1, 0.15) is 145 Å². The van der Waals surface area contributed by atoms with E-state index in [-0.39, 0.29) is 5.41 Å². The molecule has 4 rings (SSSR count). The molecule has 1 nitrogen and oxygen atoms in total. The minimum Gasteiger partial charge on any atom is -0.372 e. The van der Waals surface area contributed by atoms with Crippen LogP contribution in [-0.2, 0) is 5.41 Å². The lowest BCUT2D eigenvalue weighted by molar-refractivity contribution is 0.414. The Morgan fingerprint density at radius 3 is 1.55 bits per heavy atom. The van der Waals surface area contributed by atoms with Crippen molar-refractivity contribution < 1.29 is 0 Å². The average molecular weight is 586 g/mol. The summed E-state index contributed by atoms with van der Waals surface area (Å²) in [4.78, 5) is 2.60. The average Bonchev–Trinajstić information content (AvgIpc) is 3.33. The third-order valence-electron chi connectivity index (χ3n) is 9.59. The molecular formula is C43H55N. The van der Waals surface area contributed by atoms with Crippen molar-refractivity contribution in [2.75, 3.05) is 18.0 Å². The SMILES string of the molecule is C#Cc1ccc2c(c1)C(CCCC)(CCCC)c1cc(C#Cc3ccc(N(CCCCCC)CCCCCC)cc3)ccc1-2. The highest BCUT2D eigenvalue weighted by Gasteiger charge is 2.42. The molecule has 1 aliphatic rings. The number of hydrogen-bond donors (Lipinski definition) is 0. The van der Waals surface area contributed by atoms with Gasteiger partial charge in [-0.1, -0.05) is 122 Å². The van der Waals surface area contributed by atoms with Crippen molar-refractivity contribution in [3.05, 3.63) is 88.5 Å². The van der Waals surface area contributed by atoms with Gasteiger partial charge in [0.15, 0.2) is 0 Å². The van der Waals surface area contributed by atoms with Gasteiger partial charge in [-0.25, -0.2) is 0 Å². The zero-order chi connectivity index (χ0) is 31.2. The zero-order valence-electron chi connectivity index (χ0n) is 28.1. The predicted molar refractivity (Wildman–Crippen MR) is 193 cm³/mol. The third kappa shape index (κ3) is 8.19. The van der Waals surface area contributed by atoms with E-state index >= 15 is 0 Å². The Bertz CT molecular complexity index is 1400. The van der Waals surface area contributed by atoms with Gasteiger partial charge in [-0.2, -0.15) is 0 Å². The fourth-order valence-corrected chi connectivity index (χ4v) is 7.01. The summed E-state index contributed by atoms with van der Waals surface area (Å²) in [6, 6.07) is 22.6. The number of unbranched alkanes of at least 4 members (excludes halogenated alkanes) is 8. The fourth-order valence-electron chi connectivity index (χ4n) is 7.01. The van der Waals surface area contributed by atoms with Gasteiger partial charge in [-0.15, -0.1) is 6.42 Å². The van der Waals surface area contributed by atoms with Crippen LogP contribution in [0.3, 0.4) is 0 Å². The molecule has 0 radical (unpaired) electrons. The van der Waals surface area contributed by atoms with Crippen molar-refractivity contribution in [1.29, 1.82) is 0 Å². The molecule has 3 aromatic carbocycles. The van der Waals surface area contributed by atoms with Gasteiger partial charge in [0.2, 0.25) is 0 Å². The number of rotatable bonds is 17. The second-order valence-electron chi connectivity index (χ2n) is 12.9. The summed E-state index contributed by atoms with van der Waals surface area (Å²) in [6.07, 6.45) is 23.4. The Morgan fingerprint density at radius 1 is 0.545 bits per heavy atom. The van der Waals surface area contributed by atoms with Crippen molar-refractivity contribution in [1.82, 2.24) is 0 Å². The quantitative estimate of drug-likeness (QED) is 0.112. The highest BCUT2D eigenvalue weighted by molar-refractivity contribution is 5.82. The monoisotopic (exact) mass is 585 g/mol. The van der Waals surface area contributed by atoms with Gasteiger partial charge in [0.05, 0.1) is 0 Å². The largest absolute Gasteiger partial charge is 0.372 e. The number of terminal acetylenes is 1. The highest BCUT2D eigenvalue weighted by atomic mass is 15.1. The summed E-state index contributed by atoms with van der Waals surface area (Å²) in [6.45, 7) is 11.5. The van der Waals surface area contributed by atoms with E-state index in [1.54, 1.807) is 0 Å². The van der Waals surface area contributed by atoms with Gasteiger partial charge in [-0.05, 0) is 96.5 Å². The molecular weight excluding hydrogens is 530 g/mol. The van der Waals surface area contributed by atoms with Crippen molar-refractivity contribution in [3.63, 3.8) is 0 Å². The molecule has 44 heavy (non-hydrogen) atoms. The molecule has 0 heterocycles. The topological polar surface area (TPSA) is 3.24 Å². The first-order valence-electron chi connectivity index (χ1n) is 17.7. The number of anilines is 1. The van der Waals surface area contributed by atoms with Crippen LogP contribution in [0.2, 0.25) is 0 Å². The molecule has 0 spiro atoms. The number of hydrogen-bond acceptors (Lipinski definition) is 1. The Labute approximate surface area is 269 Å². The normalized spacial score (nSPS) is 12.6. The van der Waals surface area contributed by atoms with Crippen molar-refractivity contribution >= 4 is 5.69 Å². The highest BCUT2D eigenvalue weighted by Crippen LogP contribution is 2.54. The van der Waals surface area contributed by atoms with E-state index in [9.17, 15) is 0 Å². The van der Waals surface area contributed by atoms with Crippen molar-refractivity contribution in [2.24, 2.45) is 0 Å². The van der Waals surface area contributed by atoms with E-state index < -0.39 is 0 Å². The number of nitrogens with zero attached hydrogens (tertiary/aromatic N) is 1. The van der Waals surface area contributed by atoms with E-state index in [4.69, 9.17) is 6.42 Å². The van der Waals surface area contributed by atoms with Gasteiger partial charge in [0, 0.05) is 40.9 Å². The molecule has 0 aromatic heterocycles. The molecule has 0 saturated heterocycles. The lowest BCUT2D eigenvalue weighted by atomic mass is 9.70. The van der Waals surface area contributed by atoms with Gasteiger partial charge in [0.25, 0.3) is 0 Å². The summed E-state index contributed by atoms with van der Waals surface area (Å²) in [7, 11) is 0. The molecule has 0 aliphatic heterocycles. The van der Waals surface area contributed by atoms with Crippen LogP contribution < -0.4 is 4.90 Å². The molecule has 0 atom stereocenters. The molecule has 0 saturated carbocycles. The molecule has 232 valence electrons. The van der Waals surface area contributed by atoms with Crippen molar-refractivity contribution in [3.8, 4) is 35.3 Å². The molecule has 1 aliphatic carbocycles. The molecule has 1 heteroatoms. The molecule has 0 bridgehead atoms. The van der Waals surface area contributed by atoms with E-state index in [2.05, 4.69) is 111 Å². The van der Waals surface area contributed by atoms with Crippen LogP contribution in [0.25, 0.3) is 11.1 Å². The molecule has 0 fully saturated rings. The van der Waals surface area contributed by atoms with Crippen LogP contribution in [0.15, 0.2) is 60.7 Å². The Morgan fingerprint density at radius 2 is 1.02 bits per heavy atom. The predicted octanol–water partition coefficient (Wildman–Crippen LogP) is 11.7. The zero-order valence-corrected chi connectivity index (χ0v) is 28.1. The number of benzene rings is 3. The van der Waals surface area contributed by atoms with E-state index in [0.717, 1.165) is 42.6 Å². The van der Waals surface area contributed by atoms with Crippen LogP contribution in [-0.4, -0.2) is 13.1 Å². The maximum atomic E-state index is 5.88. The molecule has 0 amide bonds. The summed E-state index contributed by atoms with van der Waals surface area (Å²) < 4.78 is 0. The van der Waals surface area contributed by atoms with Gasteiger partial charge >= 0.3 is 0 Å². The smallest absolute Gasteiger partial charge is 0.0367 e. The van der Waals surface area contributed by atoms with Crippen LogP contribution in [0, 0.1) is 24.2 Å². The standard InChI is InChI=1S/C43H55N/c1-6-11-15-17-31-44(32-18-16-12-7-2)38-25-21-36(22-26-38)19-20-37-24-28-40-39-27-23-35(10-5)33-41(39)43(29-13-8-3,30-14-9-4)42(40)34-37/h5,21-28,33-34H,6-9,11-18,29-32H2,1-4H3. The Hall–Kier alpha value is -3.42. The number of fused-ring (bicyclic) bond motifs is 3. The van der Waals surface area contributed by atoms with Gasteiger partial charge in [-0.3, -0.25) is 0 Å². The molecule has 0 N–H and O–H groups in total. The van der Waals surface area contributed by atoms with Gasteiger partial charge < -0.3 is 4.90 Å². The Kier molecular flexibility index (Phi) is 13.1. The first-order chi connectivity index (χ1) is 21.6. The van der Waals surface area contributed by atoms with E-state index in [1.807, 2.05) is 0 Å². The first kappa shape index (κ1) is 33.5. The lowest BCUT2D eigenvalue weighted by Gasteiger charge is -2.33. The van der Waals surface area contributed by atoms with Crippen LogP contribution in [0.5, 0.6) is 0 Å². The Balaban J connectivity index is 1.59. The van der Waals surface area contributed by atoms with Crippen LogP contribution >= 0.6 is 0 Å². The first-order valence-corrected chi connectivity index (χ1v) is 17.7. The fraction of sp³-hybridized carbons (Fsp3) is 0.488. The summed E-state index contributed by atoms with van der Waals surface area (Å²) in [5.74, 6) is 9.93. The van der Waals surface area contributed by atoms with E-state index in [1.165, 1.54) is 105 Å². The minimum absolute atomic E-state index is 0.0145. The summed E-state index contributed by atoms with van der Waals surface area (Å²) in [5.41, 5.74) is 10.1. The second kappa shape index (κ2) is 17.2. The van der Waals surface area contributed by atoms with Crippen LogP contribution in [0.4, 0.5) is 5.69 Å². The maximum Gasteiger partial charge on any atom is 0.0367 e. The van der Waals surface area contributed by atoms with Gasteiger partial charge in [0.1, 0.15) is 0 Å². The minimum atomic E-state index is 0.0145. The van der Waals surface area contributed by atoms with E-state index in [0.29, 0.717) is 0 Å². The summed E-state index contributed by atoms with van der Waals surface area (Å²) in [5, 5.41) is 0. The third-order valence-corrected chi connectivity index (χ3v) is 9.59. The molecule has 3 aromatic rings. The lowest BCUT2D eigenvalue weighted by Crippen LogP contribution is -2.25. The molecule has 0 unspecified atom stereocenters. The maximum absolute atomic E-state index is 5.88. The van der Waals surface area contributed by atoms with Crippen molar-refractivity contribution in [2.45, 2.75) is 123 Å². The summed E-state index contributed by atoms with van der Waals surface area (Å²) >= 11 is 0.